The van der Waals surface area contributed by atoms with Crippen molar-refractivity contribution in [2.24, 2.45) is 5.73 Å². The van der Waals surface area contributed by atoms with Crippen molar-refractivity contribution < 1.29 is 9.59 Å². The average Bonchev–Trinajstić information content (AvgIpc) is 2.42. The topological polar surface area (TPSA) is 98.2 Å². The molecule has 2 rings (SSSR count). The molecule has 0 fully saturated rings. The molecule has 5 N–H and O–H groups in total. The molecule has 20 heavy (non-hydrogen) atoms. The molecule has 0 bridgehead atoms. The van der Waals surface area contributed by atoms with Gasteiger partial charge in [-0.2, -0.15) is 0 Å². The van der Waals surface area contributed by atoms with Gasteiger partial charge < -0.3 is 16.8 Å². The first-order valence-electron chi connectivity index (χ1n) is 5.73. The van der Waals surface area contributed by atoms with Crippen LogP contribution in [0.3, 0.4) is 0 Å². The predicted octanol–water partition coefficient (Wildman–Crippen LogP) is 2.38. The van der Waals surface area contributed by atoms with E-state index in [2.05, 4.69) is 21.2 Å². The van der Waals surface area contributed by atoms with Gasteiger partial charge in [-0.15, -0.1) is 0 Å². The highest BCUT2D eigenvalue weighted by molar-refractivity contribution is 9.10. The van der Waals surface area contributed by atoms with Gasteiger partial charge in [0.05, 0.1) is 0 Å². The predicted molar refractivity (Wildman–Crippen MR) is 81.5 cm³/mol. The van der Waals surface area contributed by atoms with Crippen LogP contribution in [0, 0.1) is 0 Å². The first-order chi connectivity index (χ1) is 9.47. The van der Waals surface area contributed by atoms with Gasteiger partial charge in [0.2, 0.25) is 5.91 Å². The molecule has 102 valence electrons. The molecular weight excluding hydrogens is 322 g/mol. The van der Waals surface area contributed by atoms with Gasteiger partial charge in [-0.05, 0) is 52.3 Å². The molecule has 0 radical (unpaired) electrons. The van der Waals surface area contributed by atoms with E-state index in [1.54, 1.807) is 36.4 Å². The van der Waals surface area contributed by atoms with Gasteiger partial charge in [-0.1, -0.05) is 6.07 Å². The van der Waals surface area contributed by atoms with Gasteiger partial charge in [0.25, 0.3) is 5.91 Å². The monoisotopic (exact) mass is 333 g/mol. The fourth-order valence-corrected chi connectivity index (χ4v) is 1.89. The molecule has 0 aliphatic carbocycles. The number of nitrogen functional groups attached to an aromatic ring is 1. The molecule has 5 nitrogen and oxygen atoms in total. The average molecular weight is 334 g/mol. The molecule has 0 aliphatic rings. The van der Waals surface area contributed by atoms with Crippen molar-refractivity contribution in [3.05, 3.63) is 58.1 Å². The maximum atomic E-state index is 12.1. The van der Waals surface area contributed by atoms with Crippen LogP contribution in [0.1, 0.15) is 20.7 Å². The molecule has 0 aromatic heterocycles. The molecular formula is C14H12BrN3O2. The summed E-state index contributed by atoms with van der Waals surface area (Å²) < 4.78 is 0.727. The Morgan fingerprint density at radius 1 is 1.05 bits per heavy atom. The number of nitrogens with one attached hydrogen (secondary N) is 1. The second-order valence-electron chi connectivity index (χ2n) is 4.14. The van der Waals surface area contributed by atoms with E-state index in [4.69, 9.17) is 11.5 Å². The van der Waals surface area contributed by atoms with Crippen molar-refractivity contribution in [2.75, 3.05) is 11.1 Å². The Morgan fingerprint density at radius 2 is 1.80 bits per heavy atom. The normalized spacial score (nSPS) is 10.1. The van der Waals surface area contributed by atoms with Crippen molar-refractivity contribution in [2.45, 2.75) is 0 Å². The molecule has 0 saturated heterocycles. The van der Waals surface area contributed by atoms with Crippen LogP contribution in [0.4, 0.5) is 11.4 Å². The van der Waals surface area contributed by atoms with Crippen molar-refractivity contribution in [1.29, 1.82) is 0 Å². The number of hydrogen-bond acceptors (Lipinski definition) is 3. The van der Waals surface area contributed by atoms with E-state index in [0.717, 1.165) is 4.47 Å². The van der Waals surface area contributed by atoms with Gasteiger partial charge in [0, 0.05) is 27.0 Å². The van der Waals surface area contributed by atoms with Crippen molar-refractivity contribution in [3.8, 4) is 0 Å². The lowest BCUT2D eigenvalue weighted by Gasteiger charge is -2.07. The summed E-state index contributed by atoms with van der Waals surface area (Å²) in [6.45, 7) is 0. The fraction of sp³-hybridized carbons (Fsp3) is 0. The van der Waals surface area contributed by atoms with Gasteiger partial charge in [-0.25, -0.2) is 0 Å². The highest BCUT2D eigenvalue weighted by Gasteiger charge is 2.09. The van der Waals surface area contributed by atoms with Crippen LogP contribution in [-0.2, 0) is 0 Å². The summed E-state index contributed by atoms with van der Waals surface area (Å²) in [6.07, 6.45) is 0. The molecule has 0 spiro atoms. The standard InChI is InChI=1S/C14H12BrN3O2/c15-11-5-4-9(7-12(11)16)14(20)18-10-3-1-2-8(6-10)13(17)19/h1-7H,16H2,(H2,17,19)(H,18,20). The lowest BCUT2D eigenvalue weighted by molar-refractivity contribution is 0.0996. The number of carbonyl (C=O) groups excluding carboxylic acids is 2. The maximum Gasteiger partial charge on any atom is 0.255 e. The summed E-state index contributed by atoms with van der Waals surface area (Å²) in [7, 11) is 0. The third-order valence-electron chi connectivity index (χ3n) is 2.66. The molecule has 0 saturated carbocycles. The second-order valence-corrected chi connectivity index (χ2v) is 4.99. The Labute approximate surface area is 124 Å². The minimum atomic E-state index is -0.547. The van der Waals surface area contributed by atoms with Crippen LogP contribution in [0.2, 0.25) is 0 Å². The van der Waals surface area contributed by atoms with E-state index in [-0.39, 0.29) is 5.91 Å². The number of benzene rings is 2. The smallest absolute Gasteiger partial charge is 0.255 e. The number of carbonyl (C=O) groups is 2. The Morgan fingerprint density at radius 3 is 2.45 bits per heavy atom. The molecule has 0 atom stereocenters. The summed E-state index contributed by atoms with van der Waals surface area (Å²) in [5, 5.41) is 2.68. The zero-order valence-corrected chi connectivity index (χ0v) is 12.0. The van der Waals surface area contributed by atoms with Crippen LogP contribution >= 0.6 is 15.9 Å². The largest absolute Gasteiger partial charge is 0.398 e. The number of amides is 2. The van der Waals surface area contributed by atoms with Crippen LogP contribution < -0.4 is 16.8 Å². The molecule has 0 unspecified atom stereocenters. The summed E-state index contributed by atoms with van der Waals surface area (Å²) in [5.41, 5.74) is 12.6. The van der Waals surface area contributed by atoms with Crippen molar-refractivity contribution in [1.82, 2.24) is 0 Å². The van der Waals surface area contributed by atoms with Gasteiger partial charge in [-0.3, -0.25) is 9.59 Å². The van der Waals surface area contributed by atoms with Crippen LogP contribution in [0.25, 0.3) is 0 Å². The second kappa shape index (κ2) is 5.75. The lowest BCUT2D eigenvalue weighted by Crippen LogP contribution is -2.14. The Balaban J connectivity index is 2.21. The molecule has 0 heterocycles. The first kappa shape index (κ1) is 14.1. The van der Waals surface area contributed by atoms with E-state index in [0.29, 0.717) is 22.5 Å². The Kier molecular flexibility index (Phi) is 4.05. The molecule has 2 aromatic carbocycles. The summed E-state index contributed by atoms with van der Waals surface area (Å²) in [6, 6.07) is 11.3. The fourth-order valence-electron chi connectivity index (χ4n) is 1.64. The number of nitrogens with two attached hydrogens (primary N) is 2. The molecule has 2 amide bonds. The van der Waals surface area contributed by atoms with Gasteiger partial charge in [0.15, 0.2) is 0 Å². The Bertz CT molecular complexity index is 686. The maximum absolute atomic E-state index is 12.1. The van der Waals surface area contributed by atoms with E-state index in [9.17, 15) is 9.59 Å². The van der Waals surface area contributed by atoms with Gasteiger partial charge >= 0.3 is 0 Å². The number of hydrogen-bond donors (Lipinski definition) is 3. The van der Waals surface area contributed by atoms with Crippen LogP contribution in [0.5, 0.6) is 0 Å². The minimum Gasteiger partial charge on any atom is -0.398 e. The zero-order chi connectivity index (χ0) is 14.7. The number of primary amides is 1. The van der Waals surface area contributed by atoms with E-state index < -0.39 is 5.91 Å². The lowest BCUT2D eigenvalue weighted by atomic mass is 10.1. The van der Waals surface area contributed by atoms with E-state index in [1.165, 1.54) is 6.07 Å². The quantitative estimate of drug-likeness (QED) is 0.752. The summed E-state index contributed by atoms with van der Waals surface area (Å²) in [4.78, 5) is 23.1. The highest BCUT2D eigenvalue weighted by Crippen LogP contribution is 2.21. The molecule has 0 aliphatic heterocycles. The number of halogens is 1. The SMILES string of the molecule is NC(=O)c1cccc(NC(=O)c2ccc(Br)c(N)c2)c1. The van der Waals surface area contributed by atoms with E-state index >= 15 is 0 Å². The van der Waals surface area contributed by atoms with Crippen LogP contribution in [-0.4, -0.2) is 11.8 Å². The first-order valence-corrected chi connectivity index (χ1v) is 6.53. The third kappa shape index (κ3) is 3.16. The third-order valence-corrected chi connectivity index (χ3v) is 3.39. The molecule has 6 heteroatoms. The van der Waals surface area contributed by atoms with E-state index in [1.807, 2.05) is 0 Å². The zero-order valence-electron chi connectivity index (χ0n) is 10.4. The summed E-state index contributed by atoms with van der Waals surface area (Å²) >= 11 is 3.26. The summed E-state index contributed by atoms with van der Waals surface area (Å²) in [5.74, 6) is -0.861. The number of anilines is 2. The highest BCUT2D eigenvalue weighted by atomic mass is 79.9. The Hall–Kier alpha value is -2.34. The number of rotatable bonds is 3. The van der Waals surface area contributed by atoms with Gasteiger partial charge in [0.1, 0.15) is 0 Å². The van der Waals surface area contributed by atoms with Crippen molar-refractivity contribution >= 4 is 39.1 Å². The minimum absolute atomic E-state index is 0.314. The molecule has 2 aromatic rings. The van der Waals surface area contributed by atoms with Crippen LogP contribution in [0.15, 0.2) is 46.9 Å². The van der Waals surface area contributed by atoms with Crippen molar-refractivity contribution in [3.63, 3.8) is 0 Å².